The van der Waals surface area contributed by atoms with Gasteiger partial charge in [-0.3, -0.25) is 0 Å². The van der Waals surface area contributed by atoms with Gasteiger partial charge in [-0.25, -0.2) is 0 Å². The fourth-order valence-corrected chi connectivity index (χ4v) is 1.77. The minimum atomic E-state index is 0.698. The first kappa shape index (κ1) is 15.6. The summed E-state index contributed by atoms with van der Waals surface area (Å²) in [6.07, 6.45) is 1.78. The number of likely N-dealkylation sites (N-methyl/N-ethyl adjacent to an activating group) is 1. The van der Waals surface area contributed by atoms with Crippen molar-refractivity contribution in [1.29, 1.82) is 0 Å². The van der Waals surface area contributed by atoms with Crippen LogP contribution in [0.2, 0.25) is 0 Å². The van der Waals surface area contributed by atoms with E-state index in [-0.39, 0.29) is 0 Å². The molecule has 0 radical (unpaired) electrons. The van der Waals surface area contributed by atoms with Gasteiger partial charge in [-0.15, -0.1) is 0 Å². The summed E-state index contributed by atoms with van der Waals surface area (Å²) in [4.78, 5) is 3.75. The first-order valence-corrected chi connectivity index (χ1v) is 7.15. The molecule has 0 aliphatic rings. The van der Waals surface area contributed by atoms with Crippen LogP contribution in [-0.2, 0) is 11.3 Å². The Balaban J connectivity index is 1.65. The molecule has 6 heteroatoms. The Morgan fingerprint density at radius 3 is 2.76 bits per heavy atom. The van der Waals surface area contributed by atoms with Gasteiger partial charge in [0.05, 0.1) is 30.8 Å². The first-order chi connectivity index (χ1) is 10.3. The number of benzene rings is 1. The van der Waals surface area contributed by atoms with Crippen molar-refractivity contribution in [3.05, 3.63) is 42.2 Å². The zero-order valence-corrected chi connectivity index (χ0v) is 12.7. The van der Waals surface area contributed by atoms with Gasteiger partial charge in [0, 0.05) is 19.6 Å². The van der Waals surface area contributed by atoms with Crippen LogP contribution in [0.3, 0.4) is 0 Å². The average Bonchev–Trinajstić information content (AvgIpc) is 2.96. The Morgan fingerprint density at radius 2 is 2.00 bits per heavy atom. The molecule has 0 fully saturated rings. The Morgan fingerprint density at radius 1 is 1.19 bits per heavy atom. The van der Waals surface area contributed by atoms with Crippen LogP contribution < -0.4 is 5.32 Å². The van der Waals surface area contributed by atoms with Crippen molar-refractivity contribution in [2.24, 2.45) is 0 Å². The Bertz CT molecular complexity index is 512. The van der Waals surface area contributed by atoms with Crippen molar-refractivity contribution < 1.29 is 4.74 Å². The predicted molar refractivity (Wildman–Crippen MR) is 82.4 cm³/mol. The minimum Gasteiger partial charge on any atom is -0.379 e. The predicted octanol–water partition coefficient (Wildman–Crippen LogP) is 0.935. The molecule has 0 amide bonds. The number of para-hydroxylation sites is 1. The van der Waals surface area contributed by atoms with E-state index in [2.05, 4.69) is 20.4 Å². The quantitative estimate of drug-likeness (QED) is 0.696. The van der Waals surface area contributed by atoms with E-state index in [1.54, 1.807) is 11.0 Å². The van der Waals surface area contributed by atoms with E-state index >= 15 is 0 Å². The third-order valence-corrected chi connectivity index (χ3v) is 2.94. The van der Waals surface area contributed by atoms with Crippen LogP contribution in [-0.4, -0.2) is 60.3 Å². The molecule has 1 aromatic carbocycles. The van der Waals surface area contributed by atoms with E-state index in [0.717, 1.165) is 31.1 Å². The number of nitrogens with one attached hydrogen (secondary N) is 1. The van der Waals surface area contributed by atoms with E-state index in [4.69, 9.17) is 4.74 Å². The maximum absolute atomic E-state index is 5.51. The second kappa shape index (κ2) is 8.51. The van der Waals surface area contributed by atoms with Gasteiger partial charge in [-0.2, -0.15) is 15.0 Å². The van der Waals surface area contributed by atoms with E-state index in [9.17, 15) is 0 Å². The monoisotopic (exact) mass is 289 g/mol. The topological polar surface area (TPSA) is 55.2 Å². The molecule has 1 N–H and O–H groups in total. The van der Waals surface area contributed by atoms with E-state index in [1.165, 1.54) is 0 Å². The van der Waals surface area contributed by atoms with Gasteiger partial charge in [-0.1, -0.05) is 18.2 Å². The summed E-state index contributed by atoms with van der Waals surface area (Å²) in [5.74, 6) is 0. The van der Waals surface area contributed by atoms with Crippen LogP contribution in [0.1, 0.15) is 5.69 Å². The maximum atomic E-state index is 5.51. The van der Waals surface area contributed by atoms with Crippen molar-refractivity contribution in [3.63, 3.8) is 0 Å². The lowest BCUT2D eigenvalue weighted by molar-refractivity contribution is 0.119. The smallest absolute Gasteiger partial charge is 0.0969 e. The van der Waals surface area contributed by atoms with Crippen LogP contribution in [0.25, 0.3) is 5.69 Å². The molecule has 0 aliphatic carbocycles. The van der Waals surface area contributed by atoms with Crippen molar-refractivity contribution in [3.8, 4) is 5.69 Å². The maximum Gasteiger partial charge on any atom is 0.0969 e. The normalized spacial score (nSPS) is 11.2. The lowest BCUT2D eigenvalue weighted by Crippen LogP contribution is -2.23. The molecule has 2 rings (SSSR count). The van der Waals surface area contributed by atoms with E-state index in [1.807, 2.05) is 44.4 Å². The van der Waals surface area contributed by atoms with Crippen molar-refractivity contribution >= 4 is 0 Å². The second-order valence-electron chi connectivity index (χ2n) is 5.05. The molecule has 1 aromatic heterocycles. The Kier molecular flexibility index (Phi) is 6.33. The largest absolute Gasteiger partial charge is 0.379 e. The van der Waals surface area contributed by atoms with E-state index in [0.29, 0.717) is 13.2 Å². The summed E-state index contributed by atoms with van der Waals surface area (Å²) in [5.41, 5.74) is 1.89. The van der Waals surface area contributed by atoms with Gasteiger partial charge < -0.3 is 15.0 Å². The van der Waals surface area contributed by atoms with Gasteiger partial charge in [0.15, 0.2) is 0 Å². The van der Waals surface area contributed by atoms with Crippen LogP contribution in [0, 0.1) is 0 Å². The number of aromatic nitrogens is 3. The van der Waals surface area contributed by atoms with Crippen LogP contribution in [0.5, 0.6) is 0 Å². The fourth-order valence-electron chi connectivity index (χ4n) is 1.77. The Labute approximate surface area is 125 Å². The van der Waals surface area contributed by atoms with Gasteiger partial charge in [-0.05, 0) is 26.2 Å². The molecular weight excluding hydrogens is 266 g/mol. The molecule has 0 saturated carbocycles. The summed E-state index contributed by atoms with van der Waals surface area (Å²) in [5, 5.41) is 12.0. The van der Waals surface area contributed by atoms with Crippen molar-refractivity contribution in [2.75, 3.05) is 40.4 Å². The number of rotatable bonds is 9. The van der Waals surface area contributed by atoms with Gasteiger partial charge >= 0.3 is 0 Å². The van der Waals surface area contributed by atoms with E-state index < -0.39 is 0 Å². The summed E-state index contributed by atoms with van der Waals surface area (Å²) >= 11 is 0. The van der Waals surface area contributed by atoms with Crippen LogP contribution in [0.4, 0.5) is 0 Å². The molecule has 1 heterocycles. The molecule has 0 atom stereocenters. The molecule has 0 spiro atoms. The summed E-state index contributed by atoms with van der Waals surface area (Å²) in [6.45, 7) is 3.93. The highest BCUT2D eigenvalue weighted by atomic mass is 16.5. The average molecular weight is 289 g/mol. The lowest BCUT2D eigenvalue weighted by Gasteiger charge is -2.09. The standard InChI is InChI=1S/C15H23N5O/c1-19(2)9-11-21-10-8-16-12-14-13-17-20(18-14)15-6-4-3-5-7-15/h3-7,13,16H,8-12H2,1-2H3. The number of nitrogens with zero attached hydrogens (tertiary/aromatic N) is 4. The third kappa shape index (κ3) is 5.63. The molecular formula is C15H23N5O. The second-order valence-corrected chi connectivity index (χ2v) is 5.05. The molecule has 0 unspecified atom stereocenters. The zero-order valence-electron chi connectivity index (χ0n) is 12.7. The summed E-state index contributed by atoms with van der Waals surface area (Å²) in [7, 11) is 4.08. The molecule has 0 bridgehead atoms. The Hall–Kier alpha value is -1.76. The third-order valence-electron chi connectivity index (χ3n) is 2.94. The molecule has 0 aliphatic heterocycles. The molecule has 21 heavy (non-hydrogen) atoms. The minimum absolute atomic E-state index is 0.698. The number of hydrogen-bond acceptors (Lipinski definition) is 5. The highest BCUT2D eigenvalue weighted by molar-refractivity contribution is 5.28. The fraction of sp³-hybridized carbons (Fsp3) is 0.467. The summed E-state index contributed by atoms with van der Waals surface area (Å²) in [6, 6.07) is 9.89. The zero-order chi connectivity index (χ0) is 14.9. The molecule has 0 saturated heterocycles. The molecule has 6 nitrogen and oxygen atoms in total. The highest BCUT2D eigenvalue weighted by Gasteiger charge is 2.01. The van der Waals surface area contributed by atoms with Gasteiger partial charge in [0.25, 0.3) is 0 Å². The van der Waals surface area contributed by atoms with Crippen molar-refractivity contribution in [1.82, 2.24) is 25.2 Å². The highest BCUT2D eigenvalue weighted by Crippen LogP contribution is 2.03. The van der Waals surface area contributed by atoms with Crippen LogP contribution in [0.15, 0.2) is 36.5 Å². The molecule has 114 valence electrons. The lowest BCUT2D eigenvalue weighted by atomic mass is 10.3. The molecule has 2 aromatic rings. The SMILES string of the molecule is CN(C)CCOCCNCc1cnn(-c2ccccc2)n1. The number of ether oxygens (including phenoxy) is 1. The number of hydrogen-bond donors (Lipinski definition) is 1. The van der Waals surface area contributed by atoms with Gasteiger partial charge in [0.1, 0.15) is 0 Å². The van der Waals surface area contributed by atoms with Crippen LogP contribution >= 0.6 is 0 Å². The summed E-state index contributed by atoms with van der Waals surface area (Å²) < 4.78 is 5.51. The van der Waals surface area contributed by atoms with Crippen molar-refractivity contribution in [2.45, 2.75) is 6.54 Å². The first-order valence-electron chi connectivity index (χ1n) is 7.15. The van der Waals surface area contributed by atoms with Gasteiger partial charge in [0.2, 0.25) is 0 Å².